The molecule has 2 heterocycles. The summed E-state index contributed by atoms with van der Waals surface area (Å²) in [4.78, 5) is 26.9. The van der Waals surface area contributed by atoms with Gasteiger partial charge in [0.05, 0.1) is 23.1 Å². The lowest BCUT2D eigenvalue weighted by molar-refractivity contribution is -0.123. The number of aromatic nitrogens is 1. The molecule has 0 saturated carbocycles. The molecule has 0 bridgehead atoms. The van der Waals surface area contributed by atoms with E-state index in [9.17, 15) is 14.9 Å². The van der Waals surface area contributed by atoms with Crippen molar-refractivity contribution >= 4 is 51.6 Å². The molecule has 2 aromatic carbocycles. The molecule has 7 heteroatoms. The Balaban J connectivity index is 1.61. The summed E-state index contributed by atoms with van der Waals surface area (Å²) < 4.78 is 3.11. The number of rotatable bonds is 4. The number of carbonyl (C=O) groups is 2. The molecule has 3 aromatic rings. The molecular weight excluding hydrogens is 497 g/mol. The van der Waals surface area contributed by atoms with Gasteiger partial charge in [-0.15, -0.1) is 0 Å². The van der Waals surface area contributed by atoms with Crippen molar-refractivity contribution < 1.29 is 9.59 Å². The average molecular weight is 511 g/mol. The van der Waals surface area contributed by atoms with Gasteiger partial charge in [-0.3, -0.25) is 14.5 Å². The van der Waals surface area contributed by atoms with E-state index in [0.717, 1.165) is 26.7 Å². The number of hydrogen-bond donors (Lipinski definition) is 0. The van der Waals surface area contributed by atoms with Gasteiger partial charge in [-0.2, -0.15) is 5.26 Å². The zero-order valence-electron chi connectivity index (χ0n) is 15.1. The van der Waals surface area contributed by atoms with E-state index in [1.165, 1.54) is 4.90 Å². The van der Waals surface area contributed by atoms with E-state index in [2.05, 4.69) is 28.7 Å². The largest absolute Gasteiger partial charge is 0.317 e. The Morgan fingerprint density at radius 3 is 2.55 bits per heavy atom. The highest BCUT2D eigenvalue weighted by atomic mass is 127. The minimum Gasteiger partial charge on any atom is -0.317 e. The van der Waals surface area contributed by atoms with Gasteiger partial charge in [-0.1, -0.05) is 18.2 Å². The fraction of sp³-hybridized carbons (Fsp3) is 0.0455. The van der Waals surface area contributed by atoms with Crippen LogP contribution in [0, 0.1) is 14.9 Å². The van der Waals surface area contributed by atoms with Crippen LogP contribution in [0.3, 0.4) is 0 Å². The number of amides is 2. The van der Waals surface area contributed by atoms with E-state index in [1.807, 2.05) is 47.2 Å². The predicted octanol–water partition coefficient (Wildman–Crippen LogP) is 5.19. The lowest BCUT2D eigenvalue weighted by Gasteiger charge is -2.13. The third-order valence-electron chi connectivity index (χ3n) is 4.50. The summed E-state index contributed by atoms with van der Waals surface area (Å²) in [6.07, 6.45) is 3.65. The lowest BCUT2D eigenvalue weighted by Crippen LogP contribution is -2.27. The maximum atomic E-state index is 12.9. The monoisotopic (exact) mass is 511 g/mol. The fourth-order valence-electron chi connectivity index (χ4n) is 3.06. The Hall–Kier alpha value is -2.83. The number of thioether (sulfide) groups is 1. The summed E-state index contributed by atoms with van der Waals surface area (Å²) in [5.74, 6) is -0.344. The van der Waals surface area contributed by atoms with Crippen LogP contribution in [0.4, 0.5) is 4.79 Å². The van der Waals surface area contributed by atoms with Crippen LogP contribution in [0.15, 0.2) is 71.8 Å². The summed E-state index contributed by atoms with van der Waals surface area (Å²) in [7, 11) is 0. The molecule has 29 heavy (non-hydrogen) atoms. The standard InChI is InChI=1S/C22H14IN3O2S/c23-17-7-9-18(10-8-17)25-11-3-6-19(25)12-20-21(27)26(22(28)29-20)14-16-5-2-1-4-15(16)13-24/h1-12H,14H2/b20-12+. The van der Waals surface area contributed by atoms with Gasteiger partial charge < -0.3 is 4.57 Å². The topological polar surface area (TPSA) is 66.1 Å². The van der Waals surface area contributed by atoms with E-state index in [1.54, 1.807) is 30.3 Å². The first-order valence-electron chi connectivity index (χ1n) is 8.73. The maximum absolute atomic E-state index is 12.9. The molecule has 0 radical (unpaired) electrons. The van der Waals surface area contributed by atoms with Crippen LogP contribution >= 0.6 is 34.4 Å². The number of carbonyl (C=O) groups excluding carboxylic acids is 2. The van der Waals surface area contributed by atoms with E-state index in [0.29, 0.717) is 16.0 Å². The summed E-state index contributed by atoms with van der Waals surface area (Å²) in [6.45, 7) is 0.0872. The van der Waals surface area contributed by atoms with Crippen molar-refractivity contribution in [3.63, 3.8) is 0 Å². The van der Waals surface area contributed by atoms with Crippen molar-refractivity contribution in [3.8, 4) is 11.8 Å². The molecule has 5 nitrogen and oxygen atoms in total. The molecule has 0 spiro atoms. The minimum atomic E-state index is -0.344. The van der Waals surface area contributed by atoms with Crippen LogP contribution in [-0.2, 0) is 11.3 Å². The summed E-state index contributed by atoms with van der Waals surface area (Å²) in [5, 5.41) is 8.91. The molecule has 1 aliphatic heterocycles. The van der Waals surface area contributed by atoms with Gasteiger partial charge in [-0.05, 0) is 88.5 Å². The normalized spacial score (nSPS) is 15.2. The summed E-state index contributed by atoms with van der Waals surface area (Å²) >= 11 is 3.17. The van der Waals surface area contributed by atoms with Crippen molar-refractivity contribution in [2.75, 3.05) is 0 Å². The van der Waals surface area contributed by atoms with Crippen molar-refractivity contribution in [3.05, 3.63) is 92.2 Å². The number of nitrogens with zero attached hydrogens (tertiary/aromatic N) is 3. The Labute approximate surface area is 185 Å². The number of imide groups is 1. The van der Waals surface area contributed by atoms with Crippen molar-refractivity contribution in [1.29, 1.82) is 5.26 Å². The van der Waals surface area contributed by atoms with Crippen molar-refractivity contribution in [1.82, 2.24) is 9.47 Å². The Morgan fingerprint density at radius 2 is 1.79 bits per heavy atom. The molecule has 142 valence electrons. The SMILES string of the molecule is N#Cc1ccccc1CN1C(=O)S/C(=C/c2cccn2-c2ccc(I)cc2)C1=O. The van der Waals surface area contributed by atoms with E-state index in [4.69, 9.17) is 0 Å². The molecule has 2 amide bonds. The Kier molecular flexibility index (Phi) is 5.56. The molecule has 0 aliphatic carbocycles. The first-order valence-corrected chi connectivity index (χ1v) is 10.6. The van der Waals surface area contributed by atoms with Gasteiger partial charge in [0.15, 0.2) is 0 Å². The summed E-state index contributed by atoms with van der Waals surface area (Å²) in [6, 6.07) is 20.9. The second-order valence-electron chi connectivity index (χ2n) is 6.32. The Bertz CT molecular complexity index is 1180. The molecule has 0 unspecified atom stereocenters. The zero-order valence-corrected chi connectivity index (χ0v) is 18.1. The highest BCUT2D eigenvalue weighted by Gasteiger charge is 2.35. The molecule has 0 atom stereocenters. The second kappa shape index (κ2) is 8.27. The van der Waals surface area contributed by atoms with Crippen LogP contribution in [-0.4, -0.2) is 20.6 Å². The molecule has 1 aliphatic rings. The highest BCUT2D eigenvalue weighted by Crippen LogP contribution is 2.34. The van der Waals surface area contributed by atoms with Gasteiger partial charge in [0.2, 0.25) is 0 Å². The molecule has 4 rings (SSSR count). The van der Waals surface area contributed by atoms with Gasteiger partial charge >= 0.3 is 0 Å². The van der Waals surface area contributed by atoms with Gasteiger partial charge in [0, 0.05) is 21.1 Å². The molecule has 1 saturated heterocycles. The molecule has 1 aromatic heterocycles. The summed E-state index contributed by atoms with van der Waals surface area (Å²) in [5.41, 5.74) is 2.90. The number of nitriles is 1. The first kappa shape index (κ1) is 19.5. The van der Waals surface area contributed by atoms with E-state index < -0.39 is 0 Å². The maximum Gasteiger partial charge on any atom is 0.293 e. The molecule has 0 N–H and O–H groups in total. The number of benzene rings is 2. The van der Waals surface area contributed by atoms with Crippen molar-refractivity contribution in [2.45, 2.75) is 6.54 Å². The van der Waals surface area contributed by atoms with Crippen molar-refractivity contribution in [2.24, 2.45) is 0 Å². The van der Waals surface area contributed by atoms with Crippen LogP contribution in [0.5, 0.6) is 0 Å². The van der Waals surface area contributed by atoms with Crippen LogP contribution in [0.2, 0.25) is 0 Å². The average Bonchev–Trinajstić information content (AvgIpc) is 3.29. The minimum absolute atomic E-state index is 0.0872. The van der Waals surface area contributed by atoms with Crippen LogP contribution < -0.4 is 0 Å². The molecular formula is C22H14IN3O2S. The third-order valence-corrected chi connectivity index (χ3v) is 6.13. The lowest BCUT2D eigenvalue weighted by atomic mass is 10.1. The zero-order chi connectivity index (χ0) is 20.4. The van der Waals surface area contributed by atoms with Crippen LogP contribution in [0.1, 0.15) is 16.8 Å². The highest BCUT2D eigenvalue weighted by molar-refractivity contribution is 14.1. The van der Waals surface area contributed by atoms with Gasteiger partial charge in [-0.25, -0.2) is 0 Å². The fourth-order valence-corrected chi connectivity index (χ4v) is 4.24. The molecule has 1 fully saturated rings. The Morgan fingerprint density at radius 1 is 1.03 bits per heavy atom. The van der Waals surface area contributed by atoms with Gasteiger partial charge in [0.25, 0.3) is 11.1 Å². The van der Waals surface area contributed by atoms with E-state index in [-0.39, 0.29) is 17.7 Å². The number of halogens is 1. The first-order chi connectivity index (χ1) is 14.1. The third kappa shape index (κ3) is 3.99. The van der Waals surface area contributed by atoms with E-state index >= 15 is 0 Å². The second-order valence-corrected chi connectivity index (χ2v) is 8.56. The quantitative estimate of drug-likeness (QED) is 0.357. The predicted molar refractivity (Wildman–Crippen MR) is 121 cm³/mol. The number of hydrogen-bond acceptors (Lipinski definition) is 4. The smallest absolute Gasteiger partial charge is 0.293 e. The van der Waals surface area contributed by atoms with Gasteiger partial charge in [0.1, 0.15) is 0 Å². The van der Waals surface area contributed by atoms with Crippen LogP contribution in [0.25, 0.3) is 11.8 Å².